The lowest BCUT2D eigenvalue weighted by atomic mass is 10.4. The molecule has 0 aromatic heterocycles. The van der Waals surface area contributed by atoms with Crippen molar-refractivity contribution in [1.29, 1.82) is 0 Å². The Morgan fingerprint density at radius 1 is 0.700 bits per heavy atom. The highest BCUT2D eigenvalue weighted by Crippen LogP contribution is 2.21. The van der Waals surface area contributed by atoms with Crippen molar-refractivity contribution in [3.8, 4) is 0 Å². The highest BCUT2D eigenvalue weighted by Gasteiger charge is 2.32. The lowest BCUT2D eigenvalue weighted by Gasteiger charge is -1.88. The van der Waals surface area contributed by atoms with Crippen LogP contribution < -0.4 is 0 Å². The molecule has 0 saturated carbocycles. The molecule has 0 aromatic carbocycles. The maximum Gasteiger partial charge on any atom is 0.269 e. The van der Waals surface area contributed by atoms with Gasteiger partial charge in [0.15, 0.2) is 0 Å². The minimum absolute atomic E-state index is 0.984. The molecule has 0 unspecified atom stereocenters. The number of hydrogen-bond donors (Lipinski definition) is 4. The highest BCUT2D eigenvalue weighted by atomic mass is 16.4. The van der Waals surface area contributed by atoms with Crippen LogP contribution in [0.5, 0.6) is 0 Å². The van der Waals surface area contributed by atoms with Crippen LogP contribution in [0.4, 0.5) is 0 Å². The molecule has 0 aromatic rings. The first-order valence-corrected chi connectivity index (χ1v) is 2.35. The van der Waals surface area contributed by atoms with Crippen LogP contribution in [0.2, 0.25) is 0 Å². The molecule has 0 amide bonds. The van der Waals surface area contributed by atoms with Crippen molar-refractivity contribution in [2.24, 2.45) is 0 Å². The Balaban J connectivity index is 3.22. The number of rotatable bonds is 0. The summed E-state index contributed by atoms with van der Waals surface area (Å²) < 4.78 is 0. The molecule has 0 spiro atoms. The maximum absolute atomic E-state index is 10.4. The van der Waals surface area contributed by atoms with E-state index in [1.165, 1.54) is 0 Å². The van der Waals surface area contributed by atoms with Crippen LogP contribution in [0.25, 0.3) is 0 Å². The number of carbonyl (C=O) groups is 1. The predicted octanol–water partition coefficient (Wildman–Crippen LogP) is 0.224. The zero-order valence-corrected chi connectivity index (χ0v) is 4.70. The summed E-state index contributed by atoms with van der Waals surface area (Å²) in [7, 11) is 0. The molecule has 5 nitrogen and oxygen atoms in total. The SMILES string of the molecule is O=C1C(O)=C(O)C(O)=C1O. The molecule has 0 radical (unpaired) electrons. The monoisotopic (exact) mass is 144 g/mol. The largest absolute Gasteiger partial charge is 0.502 e. The number of aliphatic hydroxyl groups is 4. The van der Waals surface area contributed by atoms with E-state index in [2.05, 4.69) is 0 Å². The van der Waals surface area contributed by atoms with E-state index >= 15 is 0 Å². The number of aliphatic hydroxyl groups excluding tert-OH is 4. The Bertz CT molecular complexity index is 233. The molecule has 0 heterocycles. The van der Waals surface area contributed by atoms with Gasteiger partial charge in [0.25, 0.3) is 5.78 Å². The second-order valence-corrected chi connectivity index (χ2v) is 1.72. The molecule has 0 aliphatic heterocycles. The second-order valence-electron chi connectivity index (χ2n) is 1.72. The van der Waals surface area contributed by atoms with E-state index < -0.39 is 28.8 Å². The van der Waals surface area contributed by atoms with Gasteiger partial charge < -0.3 is 20.4 Å². The lowest BCUT2D eigenvalue weighted by Crippen LogP contribution is -2.00. The van der Waals surface area contributed by atoms with E-state index in [1.807, 2.05) is 0 Å². The van der Waals surface area contributed by atoms with Crippen molar-refractivity contribution in [2.45, 2.75) is 0 Å². The summed E-state index contributed by atoms with van der Waals surface area (Å²) in [5.41, 5.74) is 0. The Morgan fingerprint density at radius 2 is 1.00 bits per heavy atom. The topological polar surface area (TPSA) is 98.0 Å². The van der Waals surface area contributed by atoms with Crippen molar-refractivity contribution in [3.63, 3.8) is 0 Å². The Labute approximate surface area is 55.2 Å². The third kappa shape index (κ3) is 0.540. The van der Waals surface area contributed by atoms with Gasteiger partial charge >= 0.3 is 0 Å². The van der Waals surface area contributed by atoms with Crippen LogP contribution in [0.15, 0.2) is 23.0 Å². The molecule has 4 N–H and O–H groups in total. The molecule has 5 heteroatoms. The first-order valence-electron chi connectivity index (χ1n) is 2.35. The normalized spacial score (nSPS) is 19.0. The molecule has 0 atom stereocenters. The summed E-state index contributed by atoms with van der Waals surface area (Å²) in [6.07, 6.45) is 0. The summed E-state index contributed by atoms with van der Waals surface area (Å²) in [6.45, 7) is 0. The lowest BCUT2D eigenvalue weighted by molar-refractivity contribution is -0.116. The average Bonchev–Trinajstić information content (AvgIpc) is 2.07. The van der Waals surface area contributed by atoms with E-state index in [0.29, 0.717) is 0 Å². The summed E-state index contributed by atoms with van der Waals surface area (Å²) in [4.78, 5) is 10.4. The van der Waals surface area contributed by atoms with Crippen LogP contribution in [-0.2, 0) is 4.79 Å². The van der Waals surface area contributed by atoms with Crippen molar-refractivity contribution >= 4 is 5.78 Å². The summed E-state index contributed by atoms with van der Waals surface area (Å²) in [5, 5.41) is 34.1. The van der Waals surface area contributed by atoms with Gasteiger partial charge in [0.1, 0.15) is 0 Å². The molecule has 54 valence electrons. The van der Waals surface area contributed by atoms with E-state index in [-0.39, 0.29) is 0 Å². The number of hydrogen-bond acceptors (Lipinski definition) is 5. The molecule has 0 fully saturated rings. The molecule has 1 aliphatic rings. The maximum atomic E-state index is 10.4. The van der Waals surface area contributed by atoms with Crippen molar-refractivity contribution < 1.29 is 25.2 Å². The number of Topliss-reactive ketones (excluding diaryl/α,β-unsaturated/α-hetero) is 1. The van der Waals surface area contributed by atoms with Crippen LogP contribution in [0.1, 0.15) is 0 Å². The molecule has 0 saturated heterocycles. The molecule has 1 rings (SSSR count). The fraction of sp³-hybridized carbons (Fsp3) is 0. The number of carbonyl (C=O) groups excluding carboxylic acids is 1. The zero-order valence-electron chi connectivity index (χ0n) is 4.70. The minimum Gasteiger partial charge on any atom is -0.502 e. The van der Waals surface area contributed by atoms with Crippen molar-refractivity contribution in [1.82, 2.24) is 0 Å². The first kappa shape index (κ1) is 6.47. The Morgan fingerprint density at radius 3 is 1.10 bits per heavy atom. The van der Waals surface area contributed by atoms with Gasteiger partial charge in [-0.2, -0.15) is 0 Å². The Kier molecular flexibility index (Phi) is 1.08. The standard InChI is InChI=1S/C5H4O5/c6-1-2(7)4(9)5(10)3(1)8/h(H4,6,7,8,9,10). The van der Waals surface area contributed by atoms with Crippen LogP contribution in [-0.4, -0.2) is 26.2 Å². The van der Waals surface area contributed by atoms with Gasteiger partial charge in [0.05, 0.1) is 0 Å². The third-order valence-electron chi connectivity index (χ3n) is 1.10. The average molecular weight is 144 g/mol. The first-order chi connectivity index (χ1) is 4.55. The predicted molar refractivity (Wildman–Crippen MR) is 29.6 cm³/mol. The van der Waals surface area contributed by atoms with Gasteiger partial charge in [0, 0.05) is 0 Å². The molecule has 0 bridgehead atoms. The van der Waals surface area contributed by atoms with Gasteiger partial charge in [-0.15, -0.1) is 0 Å². The van der Waals surface area contributed by atoms with Gasteiger partial charge in [-0.1, -0.05) is 0 Å². The van der Waals surface area contributed by atoms with E-state index in [0.717, 1.165) is 0 Å². The van der Waals surface area contributed by atoms with Crippen LogP contribution >= 0.6 is 0 Å². The fourth-order valence-corrected chi connectivity index (χ4v) is 0.552. The third-order valence-corrected chi connectivity index (χ3v) is 1.10. The quantitative estimate of drug-likeness (QED) is 0.390. The molecular formula is C5H4O5. The van der Waals surface area contributed by atoms with E-state index in [4.69, 9.17) is 20.4 Å². The minimum atomic E-state index is -1.17. The summed E-state index contributed by atoms with van der Waals surface area (Å²) >= 11 is 0. The summed E-state index contributed by atoms with van der Waals surface area (Å²) in [6, 6.07) is 0. The van der Waals surface area contributed by atoms with Crippen LogP contribution in [0, 0.1) is 0 Å². The summed E-state index contributed by atoms with van der Waals surface area (Å²) in [5.74, 6) is -5.20. The second kappa shape index (κ2) is 1.66. The molecule has 10 heavy (non-hydrogen) atoms. The van der Waals surface area contributed by atoms with E-state index in [9.17, 15) is 4.79 Å². The van der Waals surface area contributed by atoms with Gasteiger partial charge in [-0.05, 0) is 0 Å². The van der Waals surface area contributed by atoms with Crippen molar-refractivity contribution in [2.75, 3.05) is 0 Å². The number of ketones is 1. The molecular weight excluding hydrogens is 140 g/mol. The van der Waals surface area contributed by atoms with E-state index in [1.54, 1.807) is 0 Å². The van der Waals surface area contributed by atoms with Gasteiger partial charge in [0.2, 0.25) is 23.0 Å². The van der Waals surface area contributed by atoms with Crippen LogP contribution in [0.3, 0.4) is 0 Å². The molecule has 1 aliphatic carbocycles. The fourth-order valence-electron chi connectivity index (χ4n) is 0.552. The smallest absolute Gasteiger partial charge is 0.269 e. The highest BCUT2D eigenvalue weighted by molar-refractivity contribution is 6.08. The Hall–Kier alpha value is -1.65. The van der Waals surface area contributed by atoms with Gasteiger partial charge in [-0.25, -0.2) is 0 Å². The van der Waals surface area contributed by atoms with Gasteiger partial charge in [-0.3, -0.25) is 4.79 Å². The van der Waals surface area contributed by atoms with Crippen molar-refractivity contribution in [3.05, 3.63) is 23.0 Å². The zero-order chi connectivity index (χ0) is 7.89.